The number of hydrogen-bond donors (Lipinski definition) is 2. The molecular weight excluding hydrogens is 270 g/mol. The third-order valence-electron chi connectivity index (χ3n) is 3.56. The van der Waals surface area contributed by atoms with Gasteiger partial charge in [0.15, 0.2) is 0 Å². The van der Waals surface area contributed by atoms with E-state index in [4.69, 9.17) is 9.84 Å². The number of rotatable bonds is 6. The van der Waals surface area contributed by atoms with Gasteiger partial charge in [0.25, 0.3) is 0 Å². The first kappa shape index (κ1) is 15.4. The van der Waals surface area contributed by atoms with E-state index in [1.54, 1.807) is 0 Å². The molecule has 0 saturated heterocycles. The van der Waals surface area contributed by atoms with Crippen LogP contribution in [0.25, 0.3) is 0 Å². The molecule has 0 unspecified atom stereocenters. The molecule has 1 fully saturated rings. The number of carboxylic acids is 1. The minimum atomic E-state index is -0.891. The summed E-state index contributed by atoms with van der Waals surface area (Å²) in [4.78, 5) is 22.7. The van der Waals surface area contributed by atoms with Crippen molar-refractivity contribution in [3.8, 4) is 5.75 Å². The maximum atomic E-state index is 11.9. The highest BCUT2D eigenvalue weighted by molar-refractivity contribution is 5.89. The summed E-state index contributed by atoms with van der Waals surface area (Å²) in [7, 11) is 0. The van der Waals surface area contributed by atoms with E-state index in [1.165, 1.54) is 0 Å². The van der Waals surface area contributed by atoms with E-state index >= 15 is 0 Å². The van der Waals surface area contributed by atoms with Crippen molar-refractivity contribution in [2.45, 2.75) is 39.3 Å². The lowest BCUT2D eigenvalue weighted by Gasteiger charge is -2.15. The molecule has 5 heteroatoms. The third kappa shape index (κ3) is 3.97. The molecule has 2 rings (SSSR count). The summed E-state index contributed by atoms with van der Waals surface area (Å²) in [5.74, 6) is -1.18. The average molecular weight is 291 g/mol. The van der Waals surface area contributed by atoms with Gasteiger partial charge in [0.2, 0.25) is 5.91 Å². The van der Waals surface area contributed by atoms with E-state index < -0.39 is 11.9 Å². The molecule has 114 valence electrons. The molecule has 21 heavy (non-hydrogen) atoms. The molecule has 1 aromatic carbocycles. The van der Waals surface area contributed by atoms with Gasteiger partial charge in [-0.1, -0.05) is 12.1 Å². The van der Waals surface area contributed by atoms with Crippen molar-refractivity contribution in [3.63, 3.8) is 0 Å². The maximum absolute atomic E-state index is 11.9. The topological polar surface area (TPSA) is 75.6 Å². The van der Waals surface area contributed by atoms with Gasteiger partial charge in [0.1, 0.15) is 5.75 Å². The minimum absolute atomic E-state index is 0.121. The van der Waals surface area contributed by atoms with Gasteiger partial charge in [0, 0.05) is 0 Å². The van der Waals surface area contributed by atoms with Gasteiger partial charge in [-0.2, -0.15) is 0 Å². The van der Waals surface area contributed by atoms with Gasteiger partial charge >= 0.3 is 5.97 Å². The Morgan fingerprint density at radius 3 is 2.29 bits per heavy atom. The summed E-state index contributed by atoms with van der Waals surface area (Å²) >= 11 is 0. The van der Waals surface area contributed by atoms with Crippen molar-refractivity contribution < 1.29 is 19.4 Å². The SMILES string of the molecule is CC(C)Oc1ccc([C@H](C)NC(=O)[C@@H]2C[C@@H]2C(=O)O)cc1. The van der Waals surface area contributed by atoms with Crippen molar-refractivity contribution in [1.29, 1.82) is 0 Å². The van der Waals surface area contributed by atoms with Crippen LogP contribution in [0.3, 0.4) is 0 Å². The number of carbonyl (C=O) groups is 2. The summed E-state index contributed by atoms with van der Waals surface area (Å²) in [6.45, 7) is 5.81. The van der Waals surface area contributed by atoms with E-state index in [-0.39, 0.29) is 24.0 Å². The molecule has 1 aromatic rings. The molecule has 0 bridgehead atoms. The lowest BCUT2D eigenvalue weighted by molar-refractivity contribution is -0.140. The standard InChI is InChI=1S/C16H21NO4/c1-9(2)21-12-6-4-11(5-7-12)10(3)17-15(18)13-8-14(13)16(19)20/h4-7,9-10,13-14H,8H2,1-3H3,(H,17,18)(H,19,20)/t10-,13+,14-/m0/s1. The van der Waals surface area contributed by atoms with Crippen LogP contribution in [0.4, 0.5) is 0 Å². The predicted molar refractivity (Wildman–Crippen MR) is 78.0 cm³/mol. The highest BCUT2D eigenvalue weighted by atomic mass is 16.5. The number of carboxylic acid groups (broad SMARTS) is 1. The fourth-order valence-electron chi connectivity index (χ4n) is 2.27. The Balaban J connectivity index is 1.90. The Bertz CT molecular complexity index is 524. The van der Waals surface area contributed by atoms with Crippen molar-refractivity contribution >= 4 is 11.9 Å². The normalized spacial score (nSPS) is 21.7. The molecule has 1 aliphatic carbocycles. The second-order valence-corrected chi connectivity index (χ2v) is 5.75. The van der Waals surface area contributed by atoms with Crippen LogP contribution in [0.5, 0.6) is 5.75 Å². The van der Waals surface area contributed by atoms with Crippen molar-refractivity contribution in [1.82, 2.24) is 5.32 Å². The number of carbonyl (C=O) groups excluding carboxylic acids is 1. The van der Waals surface area contributed by atoms with Gasteiger partial charge in [-0.05, 0) is 44.9 Å². The molecular formula is C16H21NO4. The monoisotopic (exact) mass is 291 g/mol. The van der Waals surface area contributed by atoms with Gasteiger partial charge in [-0.3, -0.25) is 9.59 Å². The highest BCUT2D eigenvalue weighted by Crippen LogP contribution is 2.39. The Kier molecular flexibility index (Phi) is 4.50. The van der Waals surface area contributed by atoms with Crippen LogP contribution < -0.4 is 10.1 Å². The van der Waals surface area contributed by atoms with Crippen LogP contribution in [0.1, 0.15) is 38.8 Å². The minimum Gasteiger partial charge on any atom is -0.491 e. The molecule has 3 atom stereocenters. The third-order valence-corrected chi connectivity index (χ3v) is 3.56. The lowest BCUT2D eigenvalue weighted by atomic mass is 10.1. The zero-order chi connectivity index (χ0) is 15.6. The Labute approximate surface area is 124 Å². The van der Waals surface area contributed by atoms with Crippen LogP contribution in [-0.4, -0.2) is 23.1 Å². The second-order valence-electron chi connectivity index (χ2n) is 5.75. The number of nitrogens with one attached hydrogen (secondary N) is 1. The molecule has 1 saturated carbocycles. The number of amides is 1. The Hall–Kier alpha value is -2.04. The molecule has 1 aliphatic rings. The van der Waals surface area contributed by atoms with Crippen LogP contribution in [-0.2, 0) is 9.59 Å². The van der Waals surface area contributed by atoms with Crippen molar-refractivity contribution in [2.75, 3.05) is 0 Å². The lowest BCUT2D eigenvalue weighted by Crippen LogP contribution is -2.29. The maximum Gasteiger partial charge on any atom is 0.307 e. The van der Waals surface area contributed by atoms with E-state index in [9.17, 15) is 9.59 Å². The summed E-state index contributed by atoms with van der Waals surface area (Å²) < 4.78 is 5.57. The highest BCUT2D eigenvalue weighted by Gasteiger charge is 2.48. The van der Waals surface area contributed by atoms with Crippen molar-refractivity contribution in [3.05, 3.63) is 29.8 Å². The summed E-state index contributed by atoms with van der Waals surface area (Å²) in [6, 6.07) is 7.40. The van der Waals surface area contributed by atoms with Crippen LogP contribution in [0.2, 0.25) is 0 Å². The first-order chi connectivity index (χ1) is 9.88. The molecule has 0 aliphatic heterocycles. The van der Waals surface area contributed by atoms with Gasteiger partial charge < -0.3 is 15.2 Å². The molecule has 2 N–H and O–H groups in total. The summed E-state index contributed by atoms with van der Waals surface area (Å²) in [5.41, 5.74) is 0.965. The van der Waals surface area contributed by atoms with E-state index in [0.29, 0.717) is 6.42 Å². The van der Waals surface area contributed by atoms with E-state index in [2.05, 4.69) is 5.32 Å². The van der Waals surface area contributed by atoms with Crippen LogP contribution >= 0.6 is 0 Å². The number of benzene rings is 1. The Morgan fingerprint density at radius 1 is 1.19 bits per heavy atom. The smallest absolute Gasteiger partial charge is 0.307 e. The molecule has 0 spiro atoms. The quantitative estimate of drug-likeness (QED) is 0.843. The number of hydrogen-bond acceptors (Lipinski definition) is 3. The molecule has 0 radical (unpaired) electrons. The second kappa shape index (κ2) is 6.16. The fraction of sp³-hybridized carbons (Fsp3) is 0.500. The zero-order valence-electron chi connectivity index (χ0n) is 12.5. The Morgan fingerprint density at radius 2 is 1.81 bits per heavy atom. The fourth-order valence-corrected chi connectivity index (χ4v) is 2.27. The first-order valence-electron chi connectivity index (χ1n) is 7.18. The number of ether oxygens (including phenoxy) is 1. The van der Waals surface area contributed by atoms with Crippen LogP contribution in [0, 0.1) is 11.8 Å². The average Bonchev–Trinajstić information content (AvgIpc) is 3.19. The van der Waals surface area contributed by atoms with E-state index in [1.807, 2.05) is 45.0 Å². The predicted octanol–water partition coefficient (Wildman–Crippen LogP) is 2.37. The molecule has 1 amide bonds. The zero-order valence-corrected chi connectivity index (χ0v) is 12.5. The first-order valence-corrected chi connectivity index (χ1v) is 7.18. The summed E-state index contributed by atoms with van der Waals surface area (Å²) in [6.07, 6.45) is 0.561. The van der Waals surface area contributed by atoms with E-state index in [0.717, 1.165) is 11.3 Å². The van der Waals surface area contributed by atoms with Crippen LogP contribution in [0.15, 0.2) is 24.3 Å². The largest absolute Gasteiger partial charge is 0.491 e. The van der Waals surface area contributed by atoms with Gasteiger partial charge in [0.05, 0.1) is 24.0 Å². The van der Waals surface area contributed by atoms with Gasteiger partial charge in [-0.25, -0.2) is 0 Å². The molecule has 5 nitrogen and oxygen atoms in total. The molecule has 0 heterocycles. The molecule has 0 aromatic heterocycles. The van der Waals surface area contributed by atoms with Gasteiger partial charge in [-0.15, -0.1) is 0 Å². The summed E-state index contributed by atoms with van der Waals surface area (Å²) in [5, 5.41) is 11.7. The van der Waals surface area contributed by atoms with Crippen molar-refractivity contribution in [2.24, 2.45) is 11.8 Å². The number of aliphatic carboxylic acids is 1.